The van der Waals surface area contributed by atoms with Crippen molar-refractivity contribution in [3.05, 3.63) is 35.6 Å². The van der Waals surface area contributed by atoms with Gasteiger partial charge in [-0.1, -0.05) is 12.1 Å². The summed E-state index contributed by atoms with van der Waals surface area (Å²) in [5.41, 5.74) is 0.0596. The summed E-state index contributed by atoms with van der Waals surface area (Å²) in [6.45, 7) is 3.03. The minimum Gasteiger partial charge on any atom is -0.377 e. The molecule has 1 aromatic rings. The van der Waals surface area contributed by atoms with E-state index < -0.39 is 11.7 Å². The quantitative estimate of drug-likeness (QED) is 0.800. The van der Waals surface area contributed by atoms with Gasteiger partial charge in [0.05, 0.1) is 18.2 Å². The van der Waals surface area contributed by atoms with Crippen LogP contribution in [-0.4, -0.2) is 61.6 Å². The molecule has 2 amide bonds. The number of halogens is 1. The lowest BCUT2D eigenvalue weighted by Crippen LogP contribution is -2.49. The summed E-state index contributed by atoms with van der Waals surface area (Å²) in [7, 11) is 0. The van der Waals surface area contributed by atoms with E-state index in [2.05, 4.69) is 10.6 Å². The summed E-state index contributed by atoms with van der Waals surface area (Å²) in [5.74, 6) is -0.845. The number of amides is 2. The van der Waals surface area contributed by atoms with Gasteiger partial charge in [-0.15, -0.1) is 0 Å². The van der Waals surface area contributed by atoms with Crippen molar-refractivity contribution in [2.75, 3.05) is 32.8 Å². The van der Waals surface area contributed by atoms with E-state index in [1.807, 2.05) is 4.90 Å². The van der Waals surface area contributed by atoms with E-state index in [9.17, 15) is 14.0 Å². The van der Waals surface area contributed by atoms with Crippen molar-refractivity contribution in [3.63, 3.8) is 0 Å². The number of nitrogens with one attached hydrogen (secondary N) is 2. The van der Waals surface area contributed by atoms with E-state index >= 15 is 0 Å². The van der Waals surface area contributed by atoms with E-state index in [0.29, 0.717) is 39.0 Å². The molecule has 2 aliphatic rings. The Morgan fingerprint density at radius 3 is 2.65 bits per heavy atom. The Labute approximate surface area is 153 Å². The van der Waals surface area contributed by atoms with Crippen LogP contribution in [0.15, 0.2) is 24.3 Å². The average Bonchev–Trinajstić information content (AvgIpc) is 3.16. The first-order valence-electron chi connectivity index (χ1n) is 9.29. The van der Waals surface area contributed by atoms with Crippen molar-refractivity contribution in [1.82, 2.24) is 15.5 Å². The van der Waals surface area contributed by atoms with Gasteiger partial charge in [-0.2, -0.15) is 0 Å². The van der Waals surface area contributed by atoms with Crippen molar-refractivity contribution < 1.29 is 18.7 Å². The first kappa shape index (κ1) is 18.8. The second kappa shape index (κ2) is 9.09. The number of likely N-dealkylation sites (tertiary alicyclic amines) is 1. The predicted molar refractivity (Wildman–Crippen MR) is 95.3 cm³/mol. The summed E-state index contributed by atoms with van der Waals surface area (Å²) < 4.78 is 19.2. The fourth-order valence-corrected chi connectivity index (χ4v) is 3.44. The maximum atomic E-state index is 13.7. The van der Waals surface area contributed by atoms with Crippen molar-refractivity contribution >= 4 is 11.8 Å². The molecule has 1 unspecified atom stereocenters. The second-order valence-electron chi connectivity index (χ2n) is 6.87. The Bertz CT molecular complexity index is 626. The van der Waals surface area contributed by atoms with Gasteiger partial charge in [0.25, 0.3) is 5.91 Å². The third-order valence-electron chi connectivity index (χ3n) is 4.97. The van der Waals surface area contributed by atoms with Crippen LogP contribution in [-0.2, 0) is 9.53 Å². The maximum Gasteiger partial charge on any atom is 0.254 e. The van der Waals surface area contributed by atoms with Gasteiger partial charge in [0.2, 0.25) is 5.91 Å². The smallest absolute Gasteiger partial charge is 0.254 e. The lowest BCUT2D eigenvalue weighted by molar-refractivity contribution is -0.131. The van der Waals surface area contributed by atoms with Crippen LogP contribution >= 0.6 is 0 Å². The van der Waals surface area contributed by atoms with Crippen LogP contribution in [0.2, 0.25) is 0 Å². The number of piperidine rings is 1. The molecular weight excluding hydrogens is 337 g/mol. The summed E-state index contributed by atoms with van der Waals surface area (Å²) in [4.78, 5) is 26.2. The standard InChI is InChI=1S/C19H26FN3O3/c20-17-6-2-1-5-16(17)19(25)22-14-7-9-23(10-8-14)18(24)13-21-12-15-4-3-11-26-15/h1-2,5-6,14-15,21H,3-4,7-13H2,(H,22,25). The monoisotopic (exact) mass is 363 g/mol. The van der Waals surface area contributed by atoms with Gasteiger partial charge in [0.1, 0.15) is 5.82 Å². The number of benzene rings is 1. The second-order valence-corrected chi connectivity index (χ2v) is 6.87. The first-order valence-corrected chi connectivity index (χ1v) is 9.29. The molecule has 0 radical (unpaired) electrons. The molecule has 0 spiro atoms. The average molecular weight is 363 g/mol. The predicted octanol–water partition coefficient (Wildman–Crippen LogP) is 1.32. The Morgan fingerprint density at radius 1 is 1.19 bits per heavy atom. The molecule has 7 heteroatoms. The van der Waals surface area contributed by atoms with E-state index in [4.69, 9.17) is 4.74 Å². The van der Waals surface area contributed by atoms with Crippen LogP contribution in [0.3, 0.4) is 0 Å². The molecule has 2 fully saturated rings. The molecule has 2 saturated heterocycles. The molecule has 142 valence electrons. The zero-order valence-corrected chi connectivity index (χ0v) is 14.9. The number of carbonyl (C=O) groups excluding carboxylic acids is 2. The van der Waals surface area contributed by atoms with Gasteiger partial charge >= 0.3 is 0 Å². The summed E-state index contributed by atoms with van der Waals surface area (Å²) in [5, 5.41) is 6.03. The Kier molecular flexibility index (Phi) is 6.57. The summed E-state index contributed by atoms with van der Waals surface area (Å²) in [6.07, 6.45) is 3.72. The van der Waals surface area contributed by atoms with Gasteiger partial charge < -0.3 is 20.3 Å². The molecule has 1 atom stereocenters. The molecule has 2 N–H and O–H groups in total. The Morgan fingerprint density at radius 2 is 1.96 bits per heavy atom. The van der Waals surface area contributed by atoms with Crippen LogP contribution < -0.4 is 10.6 Å². The third kappa shape index (κ3) is 5.02. The Hall–Kier alpha value is -1.99. The minimum atomic E-state index is -0.519. The topological polar surface area (TPSA) is 70.7 Å². The number of nitrogens with zero attached hydrogens (tertiary/aromatic N) is 1. The highest BCUT2D eigenvalue weighted by Gasteiger charge is 2.25. The zero-order valence-electron chi connectivity index (χ0n) is 14.9. The van der Waals surface area contributed by atoms with Crippen LogP contribution in [0.25, 0.3) is 0 Å². The Balaban J connectivity index is 1.37. The molecule has 2 aliphatic heterocycles. The number of carbonyl (C=O) groups is 2. The number of rotatable bonds is 6. The van der Waals surface area contributed by atoms with E-state index in [1.165, 1.54) is 12.1 Å². The number of ether oxygens (including phenoxy) is 1. The first-order chi connectivity index (χ1) is 12.6. The zero-order chi connectivity index (χ0) is 18.4. The van der Waals surface area contributed by atoms with Gasteiger partial charge in [-0.25, -0.2) is 4.39 Å². The van der Waals surface area contributed by atoms with Gasteiger partial charge in [0.15, 0.2) is 0 Å². The van der Waals surface area contributed by atoms with Crippen molar-refractivity contribution in [2.45, 2.75) is 37.8 Å². The molecule has 26 heavy (non-hydrogen) atoms. The van der Waals surface area contributed by atoms with Gasteiger partial charge in [0, 0.05) is 32.3 Å². The summed E-state index contributed by atoms with van der Waals surface area (Å²) in [6, 6.07) is 5.92. The molecule has 1 aromatic carbocycles. The molecule has 2 heterocycles. The van der Waals surface area contributed by atoms with E-state index in [-0.39, 0.29) is 23.6 Å². The van der Waals surface area contributed by atoms with Gasteiger partial charge in [-0.05, 0) is 37.8 Å². The van der Waals surface area contributed by atoms with Crippen molar-refractivity contribution in [1.29, 1.82) is 0 Å². The largest absolute Gasteiger partial charge is 0.377 e. The molecule has 6 nitrogen and oxygen atoms in total. The lowest BCUT2D eigenvalue weighted by atomic mass is 10.0. The molecule has 0 aromatic heterocycles. The minimum absolute atomic E-state index is 0.0361. The van der Waals surface area contributed by atoms with E-state index in [1.54, 1.807) is 12.1 Å². The molecular formula is C19H26FN3O3. The fourth-order valence-electron chi connectivity index (χ4n) is 3.44. The summed E-state index contributed by atoms with van der Waals surface area (Å²) >= 11 is 0. The SMILES string of the molecule is O=C(NC1CCN(C(=O)CNCC2CCCO2)CC1)c1ccccc1F. The van der Waals surface area contributed by atoms with Crippen LogP contribution in [0.4, 0.5) is 4.39 Å². The van der Waals surface area contributed by atoms with Crippen molar-refractivity contribution in [3.8, 4) is 0 Å². The number of hydrogen-bond donors (Lipinski definition) is 2. The van der Waals surface area contributed by atoms with Crippen LogP contribution in [0.5, 0.6) is 0 Å². The fraction of sp³-hybridized carbons (Fsp3) is 0.579. The lowest BCUT2D eigenvalue weighted by Gasteiger charge is -2.32. The van der Waals surface area contributed by atoms with Crippen molar-refractivity contribution in [2.24, 2.45) is 0 Å². The maximum absolute atomic E-state index is 13.7. The molecule has 0 aliphatic carbocycles. The highest BCUT2D eigenvalue weighted by molar-refractivity contribution is 5.94. The molecule has 3 rings (SSSR count). The van der Waals surface area contributed by atoms with Crippen LogP contribution in [0.1, 0.15) is 36.0 Å². The van der Waals surface area contributed by atoms with E-state index in [0.717, 1.165) is 19.4 Å². The molecule has 0 bridgehead atoms. The van der Waals surface area contributed by atoms with Gasteiger partial charge in [-0.3, -0.25) is 9.59 Å². The molecule has 0 saturated carbocycles. The number of hydrogen-bond acceptors (Lipinski definition) is 4. The highest BCUT2D eigenvalue weighted by atomic mass is 19.1. The third-order valence-corrected chi connectivity index (χ3v) is 4.97. The highest BCUT2D eigenvalue weighted by Crippen LogP contribution is 2.13. The van der Waals surface area contributed by atoms with Crippen LogP contribution in [0, 0.1) is 5.82 Å². The normalized spacial score (nSPS) is 21.0.